The van der Waals surface area contributed by atoms with Crippen LogP contribution in [0.3, 0.4) is 0 Å². The lowest BCUT2D eigenvalue weighted by Gasteiger charge is -2.11. The van der Waals surface area contributed by atoms with Crippen molar-refractivity contribution in [1.29, 1.82) is 0 Å². The van der Waals surface area contributed by atoms with Gasteiger partial charge in [-0.3, -0.25) is 9.36 Å². The van der Waals surface area contributed by atoms with E-state index < -0.39 is 0 Å². The fourth-order valence-corrected chi connectivity index (χ4v) is 3.08. The normalized spacial score (nSPS) is 11.3. The number of rotatable bonds is 7. The van der Waals surface area contributed by atoms with Gasteiger partial charge in [0.15, 0.2) is 5.82 Å². The Labute approximate surface area is 173 Å². The lowest BCUT2D eigenvalue weighted by Crippen LogP contribution is -2.20. The zero-order valence-electron chi connectivity index (χ0n) is 17.0. The van der Waals surface area contributed by atoms with Crippen LogP contribution in [0.2, 0.25) is 0 Å². The van der Waals surface area contributed by atoms with E-state index in [0.717, 1.165) is 0 Å². The quantitative estimate of drug-likeness (QED) is 0.435. The van der Waals surface area contributed by atoms with E-state index in [1.165, 1.54) is 10.9 Å². The third kappa shape index (κ3) is 3.79. The summed E-state index contributed by atoms with van der Waals surface area (Å²) >= 11 is 0. The van der Waals surface area contributed by atoms with Gasteiger partial charge in [-0.1, -0.05) is 6.07 Å². The van der Waals surface area contributed by atoms with Gasteiger partial charge in [0.2, 0.25) is 0 Å². The molecule has 4 rings (SSSR count). The van der Waals surface area contributed by atoms with E-state index in [9.17, 15) is 4.79 Å². The highest BCUT2D eigenvalue weighted by Crippen LogP contribution is 2.20. The van der Waals surface area contributed by atoms with Crippen molar-refractivity contribution in [2.24, 2.45) is 0 Å². The minimum Gasteiger partial charge on any atom is -0.491 e. The van der Waals surface area contributed by atoms with Crippen LogP contribution in [-0.4, -0.2) is 49.6 Å². The molecule has 0 saturated heterocycles. The molecule has 4 aromatic rings. The van der Waals surface area contributed by atoms with Crippen molar-refractivity contribution in [3.8, 4) is 23.1 Å². The van der Waals surface area contributed by atoms with Crippen LogP contribution in [0.5, 0.6) is 5.75 Å². The molecule has 0 aliphatic carbocycles. The van der Waals surface area contributed by atoms with Gasteiger partial charge in [-0.25, -0.2) is 9.97 Å². The summed E-state index contributed by atoms with van der Waals surface area (Å²) in [5, 5.41) is 8.62. The summed E-state index contributed by atoms with van der Waals surface area (Å²) < 4.78 is 14.0. The summed E-state index contributed by atoms with van der Waals surface area (Å²) in [5.41, 5.74) is 0.987. The molecule has 0 saturated carbocycles. The Morgan fingerprint density at radius 2 is 1.97 bits per heavy atom. The molecule has 9 nitrogen and oxygen atoms in total. The molecule has 9 heteroatoms. The van der Waals surface area contributed by atoms with E-state index >= 15 is 0 Å². The molecule has 0 aliphatic heterocycles. The number of methoxy groups -OCH3 is 1. The van der Waals surface area contributed by atoms with Crippen LogP contribution >= 0.6 is 0 Å². The first-order valence-electron chi connectivity index (χ1n) is 9.59. The SMILES string of the molecule is COCCOc1ccc2ncn(-c3cccc(-c4nncn4C(C)C)n3)c(=O)c2c1. The van der Waals surface area contributed by atoms with E-state index in [1.54, 1.807) is 37.7 Å². The number of nitrogens with zero attached hydrogens (tertiary/aromatic N) is 6. The molecule has 0 atom stereocenters. The second-order valence-electron chi connectivity index (χ2n) is 6.98. The van der Waals surface area contributed by atoms with Gasteiger partial charge in [0.1, 0.15) is 36.5 Å². The number of ether oxygens (including phenoxy) is 2. The van der Waals surface area contributed by atoms with Crippen LogP contribution in [0, 0.1) is 0 Å². The van der Waals surface area contributed by atoms with Crippen LogP contribution in [0.25, 0.3) is 28.2 Å². The molecule has 30 heavy (non-hydrogen) atoms. The van der Waals surface area contributed by atoms with Gasteiger partial charge in [-0.05, 0) is 44.2 Å². The lowest BCUT2D eigenvalue weighted by molar-refractivity contribution is 0.146. The first-order valence-corrected chi connectivity index (χ1v) is 9.59. The Balaban J connectivity index is 1.75. The number of aromatic nitrogens is 6. The first-order chi connectivity index (χ1) is 14.6. The highest BCUT2D eigenvalue weighted by molar-refractivity contribution is 5.79. The highest BCUT2D eigenvalue weighted by Gasteiger charge is 2.14. The van der Waals surface area contributed by atoms with Crippen LogP contribution in [0.1, 0.15) is 19.9 Å². The molecule has 1 aromatic carbocycles. The van der Waals surface area contributed by atoms with Crippen molar-refractivity contribution in [3.63, 3.8) is 0 Å². The topological polar surface area (TPSA) is 97.0 Å². The average molecular weight is 406 g/mol. The molecule has 0 N–H and O–H groups in total. The summed E-state index contributed by atoms with van der Waals surface area (Å²) in [6.07, 6.45) is 3.15. The summed E-state index contributed by atoms with van der Waals surface area (Å²) in [5.74, 6) is 1.68. The third-order valence-electron chi connectivity index (χ3n) is 4.63. The average Bonchev–Trinajstić information content (AvgIpc) is 3.25. The smallest absolute Gasteiger partial charge is 0.267 e. The molecule has 3 aromatic heterocycles. The Hall–Kier alpha value is -3.59. The minimum atomic E-state index is -0.229. The van der Waals surface area contributed by atoms with Crippen LogP contribution < -0.4 is 10.3 Å². The van der Waals surface area contributed by atoms with Crippen LogP contribution in [0.15, 0.2) is 53.8 Å². The monoisotopic (exact) mass is 406 g/mol. The van der Waals surface area contributed by atoms with E-state index in [-0.39, 0.29) is 11.6 Å². The second kappa shape index (κ2) is 8.42. The molecule has 0 spiro atoms. The van der Waals surface area contributed by atoms with Gasteiger partial charge >= 0.3 is 0 Å². The van der Waals surface area contributed by atoms with Crippen LogP contribution in [-0.2, 0) is 4.74 Å². The van der Waals surface area contributed by atoms with Crippen molar-refractivity contribution in [2.75, 3.05) is 20.3 Å². The predicted molar refractivity (Wildman–Crippen MR) is 112 cm³/mol. The molecule has 0 aliphatic rings. The van der Waals surface area contributed by atoms with E-state index in [0.29, 0.717) is 47.2 Å². The van der Waals surface area contributed by atoms with Crippen molar-refractivity contribution < 1.29 is 9.47 Å². The zero-order valence-corrected chi connectivity index (χ0v) is 17.0. The van der Waals surface area contributed by atoms with E-state index in [4.69, 9.17) is 9.47 Å². The molecular formula is C21H22N6O3. The summed E-state index contributed by atoms with van der Waals surface area (Å²) in [6.45, 7) is 4.95. The largest absolute Gasteiger partial charge is 0.491 e. The van der Waals surface area contributed by atoms with Gasteiger partial charge in [0.05, 0.1) is 17.5 Å². The molecule has 0 bridgehead atoms. The van der Waals surface area contributed by atoms with Gasteiger partial charge in [0, 0.05) is 13.2 Å². The van der Waals surface area contributed by atoms with E-state index in [2.05, 4.69) is 20.2 Å². The molecule has 0 amide bonds. The van der Waals surface area contributed by atoms with Gasteiger partial charge in [0.25, 0.3) is 5.56 Å². The Kier molecular flexibility index (Phi) is 5.53. The summed E-state index contributed by atoms with van der Waals surface area (Å²) in [7, 11) is 1.61. The molecular weight excluding hydrogens is 384 g/mol. The Bertz CT molecular complexity index is 1230. The van der Waals surface area contributed by atoms with Crippen molar-refractivity contribution in [1.82, 2.24) is 29.3 Å². The molecule has 3 heterocycles. The van der Waals surface area contributed by atoms with Gasteiger partial charge in [-0.15, -0.1) is 10.2 Å². The summed E-state index contributed by atoms with van der Waals surface area (Å²) in [4.78, 5) is 22.2. The first kappa shape index (κ1) is 19.7. The Morgan fingerprint density at radius 1 is 1.10 bits per heavy atom. The maximum Gasteiger partial charge on any atom is 0.267 e. The maximum absolute atomic E-state index is 13.2. The fraction of sp³-hybridized carbons (Fsp3) is 0.286. The molecule has 154 valence electrons. The highest BCUT2D eigenvalue weighted by atomic mass is 16.5. The van der Waals surface area contributed by atoms with E-state index in [1.807, 2.05) is 30.5 Å². The zero-order chi connectivity index (χ0) is 21.1. The van der Waals surface area contributed by atoms with Gasteiger partial charge in [-0.2, -0.15) is 0 Å². The molecule has 0 radical (unpaired) electrons. The van der Waals surface area contributed by atoms with Crippen molar-refractivity contribution >= 4 is 10.9 Å². The maximum atomic E-state index is 13.2. The Morgan fingerprint density at radius 3 is 2.77 bits per heavy atom. The number of pyridine rings is 1. The van der Waals surface area contributed by atoms with Gasteiger partial charge < -0.3 is 14.0 Å². The molecule has 0 unspecified atom stereocenters. The van der Waals surface area contributed by atoms with Crippen LogP contribution in [0.4, 0.5) is 0 Å². The number of fused-ring (bicyclic) bond motifs is 1. The fourth-order valence-electron chi connectivity index (χ4n) is 3.08. The lowest BCUT2D eigenvalue weighted by atomic mass is 10.2. The standard InChI is InChI=1S/C21H22N6O3/c1-14(2)26-13-23-25-20(26)18-5-4-6-19(24-18)27-12-22-17-8-7-15(30-10-9-29-3)11-16(17)21(27)28/h4-8,11-14H,9-10H2,1-3H3. The summed E-state index contributed by atoms with van der Waals surface area (Å²) in [6, 6.07) is 10.8. The predicted octanol–water partition coefficient (Wildman–Crippen LogP) is 2.65. The van der Waals surface area contributed by atoms with Crippen molar-refractivity contribution in [2.45, 2.75) is 19.9 Å². The second-order valence-corrected chi connectivity index (χ2v) is 6.98. The number of hydrogen-bond donors (Lipinski definition) is 0. The molecule has 0 fully saturated rings. The minimum absolute atomic E-state index is 0.182. The number of hydrogen-bond acceptors (Lipinski definition) is 7. The number of benzene rings is 1. The third-order valence-corrected chi connectivity index (χ3v) is 4.63. The van der Waals surface area contributed by atoms with Crippen molar-refractivity contribution in [3.05, 3.63) is 59.4 Å².